The van der Waals surface area contributed by atoms with Gasteiger partial charge in [0.25, 0.3) is 0 Å². The predicted molar refractivity (Wildman–Crippen MR) is 62.0 cm³/mol. The number of oxazole rings is 1. The standard InChI is InChI=1S/C12H14N2O3/c1-2-10-11(15)14(12(16)17-10)8-5-9-3-6-13-7-4-9/h3-4,6-7,15H,2,5,8H2,1H3. The molecule has 17 heavy (non-hydrogen) atoms. The molecule has 0 radical (unpaired) electrons. The Morgan fingerprint density at radius 1 is 1.41 bits per heavy atom. The molecular formula is C12H14N2O3. The van der Waals surface area contributed by atoms with Gasteiger partial charge in [0.15, 0.2) is 5.76 Å². The lowest BCUT2D eigenvalue weighted by molar-refractivity contribution is 0.407. The Labute approximate surface area is 98.3 Å². The third-order valence-corrected chi connectivity index (χ3v) is 2.63. The van der Waals surface area contributed by atoms with Crippen molar-refractivity contribution in [2.45, 2.75) is 26.3 Å². The second kappa shape index (κ2) is 4.86. The number of nitrogens with zero attached hydrogens (tertiary/aromatic N) is 2. The first-order chi connectivity index (χ1) is 8.22. The minimum absolute atomic E-state index is 0.0634. The molecule has 0 aliphatic rings. The maximum absolute atomic E-state index is 11.5. The molecule has 0 aromatic carbocycles. The van der Waals surface area contributed by atoms with Crippen LogP contribution in [-0.4, -0.2) is 14.7 Å². The molecule has 2 heterocycles. The molecule has 0 unspecified atom stereocenters. The maximum Gasteiger partial charge on any atom is 0.422 e. The van der Waals surface area contributed by atoms with Gasteiger partial charge in [-0.25, -0.2) is 9.36 Å². The summed E-state index contributed by atoms with van der Waals surface area (Å²) < 4.78 is 6.18. The van der Waals surface area contributed by atoms with Gasteiger partial charge in [-0.15, -0.1) is 0 Å². The first-order valence-corrected chi connectivity index (χ1v) is 5.52. The largest absolute Gasteiger partial charge is 0.492 e. The fourth-order valence-corrected chi connectivity index (χ4v) is 1.66. The molecule has 0 amide bonds. The minimum atomic E-state index is -0.506. The van der Waals surface area contributed by atoms with E-state index in [1.54, 1.807) is 12.4 Å². The Hall–Kier alpha value is -2.04. The SMILES string of the molecule is CCc1oc(=O)n(CCc2ccncc2)c1O. The van der Waals surface area contributed by atoms with Gasteiger partial charge in [0.05, 0.1) is 0 Å². The predicted octanol–water partition coefficient (Wildman–Crippen LogP) is 1.35. The Morgan fingerprint density at radius 2 is 2.12 bits per heavy atom. The third-order valence-electron chi connectivity index (χ3n) is 2.63. The first kappa shape index (κ1) is 11.4. The highest BCUT2D eigenvalue weighted by Gasteiger charge is 2.13. The van der Waals surface area contributed by atoms with Gasteiger partial charge in [0.1, 0.15) is 0 Å². The van der Waals surface area contributed by atoms with Crippen LogP contribution in [0.15, 0.2) is 33.7 Å². The number of pyridine rings is 1. The zero-order valence-corrected chi connectivity index (χ0v) is 9.59. The second-order valence-corrected chi connectivity index (χ2v) is 3.73. The molecule has 0 aliphatic carbocycles. The van der Waals surface area contributed by atoms with Crippen LogP contribution in [0.4, 0.5) is 0 Å². The fraction of sp³-hybridized carbons (Fsp3) is 0.333. The Morgan fingerprint density at radius 3 is 2.71 bits per heavy atom. The van der Waals surface area contributed by atoms with Gasteiger partial charge < -0.3 is 9.52 Å². The number of hydrogen-bond donors (Lipinski definition) is 1. The lowest BCUT2D eigenvalue weighted by atomic mass is 10.2. The van der Waals surface area contributed by atoms with Crippen molar-refractivity contribution >= 4 is 0 Å². The number of aryl methyl sites for hydroxylation is 2. The van der Waals surface area contributed by atoms with Gasteiger partial charge in [0.2, 0.25) is 5.88 Å². The molecule has 1 N–H and O–H groups in total. The van der Waals surface area contributed by atoms with E-state index in [-0.39, 0.29) is 5.88 Å². The van der Waals surface area contributed by atoms with E-state index < -0.39 is 5.76 Å². The van der Waals surface area contributed by atoms with Crippen LogP contribution in [0.5, 0.6) is 5.88 Å². The minimum Gasteiger partial charge on any atom is -0.492 e. The van der Waals surface area contributed by atoms with Crippen molar-refractivity contribution in [2.75, 3.05) is 0 Å². The molecule has 2 aromatic rings. The summed E-state index contributed by atoms with van der Waals surface area (Å²) in [6.45, 7) is 2.23. The van der Waals surface area contributed by atoms with E-state index in [0.717, 1.165) is 5.56 Å². The maximum atomic E-state index is 11.5. The quantitative estimate of drug-likeness (QED) is 0.867. The number of aromatic hydroxyl groups is 1. The summed E-state index contributed by atoms with van der Waals surface area (Å²) in [7, 11) is 0. The topological polar surface area (TPSA) is 68.3 Å². The zero-order chi connectivity index (χ0) is 12.3. The van der Waals surface area contributed by atoms with Crippen molar-refractivity contribution in [3.05, 3.63) is 46.4 Å². The Kier molecular flexibility index (Phi) is 3.27. The van der Waals surface area contributed by atoms with Crippen molar-refractivity contribution in [1.82, 2.24) is 9.55 Å². The summed E-state index contributed by atoms with van der Waals surface area (Å²) in [5, 5.41) is 9.74. The van der Waals surface area contributed by atoms with Crippen LogP contribution in [0.1, 0.15) is 18.2 Å². The summed E-state index contributed by atoms with van der Waals surface area (Å²) in [4.78, 5) is 15.4. The zero-order valence-electron chi connectivity index (χ0n) is 9.59. The van der Waals surface area contributed by atoms with Crippen molar-refractivity contribution in [1.29, 1.82) is 0 Å². The lowest BCUT2D eigenvalue weighted by Gasteiger charge is -2.02. The van der Waals surface area contributed by atoms with Crippen LogP contribution in [-0.2, 0) is 19.4 Å². The van der Waals surface area contributed by atoms with Gasteiger partial charge >= 0.3 is 5.76 Å². The molecule has 0 spiro atoms. The van der Waals surface area contributed by atoms with E-state index in [2.05, 4.69) is 4.98 Å². The highest BCUT2D eigenvalue weighted by Crippen LogP contribution is 2.16. The van der Waals surface area contributed by atoms with Crippen LogP contribution in [0.2, 0.25) is 0 Å². The molecule has 0 atom stereocenters. The van der Waals surface area contributed by atoms with Crippen LogP contribution >= 0.6 is 0 Å². The Balaban J connectivity index is 2.15. The van der Waals surface area contributed by atoms with E-state index in [0.29, 0.717) is 25.1 Å². The van der Waals surface area contributed by atoms with Crippen molar-refractivity contribution in [3.63, 3.8) is 0 Å². The van der Waals surface area contributed by atoms with Gasteiger partial charge in [0, 0.05) is 25.4 Å². The first-order valence-electron chi connectivity index (χ1n) is 5.52. The molecule has 5 nitrogen and oxygen atoms in total. The highest BCUT2D eigenvalue weighted by molar-refractivity contribution is 5.15. The summed E-state index contributed by atoms with van der Waals surface area (Å²) in [5.74, 6) is -0.232. The van der Waals surface area contributed by atoms with Crippen LogP contribution < -0.4 is 5.76 Å². The number of hydrogen-bond acceptors (Lipinski definition) is 4. The van der Waals surface area contributed by atoms with Crippen molar-refractivity contribution < 1.29 is 9.52 Å². The molecule has 0 saturated carbocycles. The van der Waals surface area contributed by atoms with E-state index in [1.165, 1.54) is 4.57 Å². The summed E-state index contributed by atoms with van der Waals surface area (Å²) >= 11 is 0. The molecule has 2 rings (SSSR count). The fourth-order valence-electron chi connectivity index (χ4n) is 1.66. The lowest BCUT2D eigenvalue weighted by Crippen LogP contribution is -2.15. The van der Waals surface area contributed by atoms with E-state index in [1.807, 2.05) is 19.1 Å². The normalized spacial score (nSPS) is 10.6. The summed E-state index contributed by atoms with van der Waals surface area (Å²) in [6.07, 6.45) is 4.55. The van der Waals surface area contributed by atoms with E-state index in [9.17, 15) is 9.90 Å². The van der Waals surface area contributed by atoms with Crippen molar-refractivity contribution in [3.8, 4) is 5.88 Å². The second-order valence-electron chi connectivity index (χ2n) is 3.73. The van der Waals surface area contributed by atoms with E-state index >= 15 is 0 Å². The average Bonchev–Trinajstić information content (AvgIpc) is 2.63. The van der Waals surface area contributed by atoms with Crippen LogP contribution in [0.3, 0.4) is 0 Å². The van der Waals surface area contributed by atoms with Crippen molar-refractivity contribution in [2.24, 2.45) is 0 Å². The van der Waals surface area contributed by atoms with E-state index in [4.69, 9.17) is 4.42 Å². The Bertz CT molecular complexity index is 543. The molecule has 0 fully saturated rings. The average molecular weight is 234 g/mol. The summed E-state index contributed by atoms with van der Waals surface area (Å²) in [6, 6.07) is 3.76. The molecule has 0 aliphatic heterocycles. The molecule has 0 bridgehead atoms. The monoisotopic (exact) mass is 234 g/mol. The van der Waals surface area contributed by atoms with Gasteiger partial charge in [-0.1, -0.05) is 6.92 Å². The molecule has 90 valence electrons. The molecular weight excluding hydrogens is 220 g/mol. The molecule has 2 aromatic heterocycles. The smallest absolute Gasteiger partial charge is 0.422 e. The number of rotatable bonds is 4. The van der Waals surface area contributed by atoms with Crippen LogP contribution in [0.25, 0.3) is 0 Å². The third kappa shape index (κ3) is 2.38. The van der Waals surface area contributed by atoms with Crippen LogP contribution in [0, 0.1) is 0 Å². The molecule has 5 heteroatoms. The van der Waals surface area contributed by atoms with Gasteiger partial charge in [-0.2, -0.15) is 0 Å². The summed E-state index contributed by atoms with van der Waals surface area (Å²) in [5.41, 5.74) is 1.06. The highest BCUT2D eigenvalue weighted by atomic mass is 16.4. The molecule has 0 saturated heterocycles. The van der Waals surface area contributed by atoms with Gasteiger partial charge in [-0.05, 0) is 24.1 Å². The van der Waals surface area contributed by atoms with Gasteiger partial charge in [-0.3, -0.25) is 4.98 Å². The number of aromatic nitrogens is 2.